The molecule has 0 atom stereocenters. The summed E-state index contributed by atoms with van der Waals surface area (Å²) in [6, 6.07) is 9.39. The molecule has 0 radical (unpaired) electrons. The van der Waals surface area contributed by atoms with Gasteiger partial charge in [0.05, 0.1) is 11.4 Å². The molecule has 4 rings (SSSR count). The molecule has 0 aliphatic carbocycles. The van der Waals surface area contributed by atoms with Gasteiger partial charge < -0.3 is 10.6 Å². The molecule has 2 aromatic rings. The van der Waals surface area contributed by atoms with Crippen molar-refractivity contribution in [2.24, 2.45) is 0 Å². The monoisotopic (exact) mass is 417 g/mol. The van der Waals surface area contributed by atoms with Gasteiger partial charge in [0.2, 0.25) is 5.91 Å². The van der Waals surface area contributed by atoms with E-state index in [1.165, 1.54) is 17.8 Å². The number of nitrogens with zero attached hydrogens (tertiary/aromatic N) is 1. The molecular formula is C21H21F2N3O2S. The van der Waals surface area contributed by atoms with Gasteiger partial charge in [0.1, 0.15) is 0 Å². The van der Waals surface area contributed by atoms with Crippen LogP contribution in [0.15, 0.2) is 41.3 Å². The minimum atomic E-state index is -0.837. The Hall–Kier alpha value is -2.45. The molecule has 29 heavy (non-hydrogen) atoms. The average Bonchev–Trinajstić information content (AvgIpc) is 2.71. The normalized spacial score (nSPS) is 17.5. The zero-order valence-electron chi connectivity index (χ0n) is 15.7. The van der Waals surface area contributed by atoms with Crippen LogP contribution in [-0.2, 0) is 11.3 Å². The molecule has 0 spiro atoms. The first-order valence-corrected chi connectivity index (χ1v) is 10.5. The average molecular weight is 417 g/mol. The smallest absolute Gasteiger partial charge is 0.251 e. The molecule has 2 aliphatic rings. The number of likely N-dealkylation sites (tertiary alicyclic amines) is 1. The molecule has 0 saturated carbocycles. The van der Waals surface area contributed by atoms with Crippen LogP contribution in [0.1, 0.15) is 28.8 Å². The van der Waals surface area contributed by atoms with Crippen LogP contribution in [0, 0.1) is 11.6 Å². The third kappa shape index (κ3) is 4.76. The van der Waals surface area contributed by atoms with Crippen LogP contribution >= 0.6 is 11.8 Å². The van der Waals surface area contributed by atoms with Crippen LogP contribution in [0.3, 0.4) is 0 Å². The van der Waals surface area contributed by atoms with Crippen molar-refractivity contribution in [1.29, 1.82) is 0 Å². The maximum absolute atomic E-state index is 13.4. The van der Waals surface area contributed by atoms with Crippen LogP contribution in [0.2, 0.25) is 0 Å². The van der Waals surface area contributed by atoms with Crippen LogP contribution in [0.4, 0.5) is 14.5 Å². The van der Waals surface area contributed by atoms with E-state index in [4.69, 9.17) is 0 Å². The molecule has 5 nitrogen and oxygen atoms in total. The quantitative estimate of drug-likeness (QED) is 0.801. The number of fused-ring (bicyclic) bond motifs is 1. The first-order valence-electron chi connectivity index (χ1n) is 9.52. The number of amides is 2. The van der Waals surface area contributed by atoms with Crippen molar-refractivity contribution in [3.8, 4) is 0 Å². The molecule has 152 valence electrons. The number of benzene rings is 2. The standard InChI is InChI=1S/C21H21F2N3O2S/c22-16-3-1-13(9-17(16)23)11-26-7-5-15(6-8-26)24-21(28)14-2-4-19-18(10-14)25-20(27)12-29-19/h1-4,9-10,15H,5-8,11-12H2,(H,24,28)(H,25,27). The lowest BCUT2D eigenvalue weighted by Crippen LogP contribution is -2.44. The molecule has 2 aromatic carbocycles. The van der Waals surface area contributed by atoms with E-state index in [1.807, 2.05) is 6.07 Å². The van der Waals surface area contributed by atoms with E-state index < -0.39 is 11.6 Å². The highest BCUT2D eigenvalue weighted by Gasteiger charge is 2.23. The van der Waals surface area contributed by atoms with Crippen molar-refractivity contribution in [3.05, 3.63) is 59.2 Å². The summed E-state index contributed by atoms with van der Waals surface area (Å²) in [5.41, 5.74) is 1.94. The summed E-state index contributed by atoms with van der Waals surface area (Å²) in [6.07, 6.45) is 1.57. The highest BCUT2D eigenvalue weighted by atomic mass is 32.2. The van der Waals surface area contributed by atoms with Gasteiger partial charge in [-0.1, -0.05) is 6.07 Å². The molecule has 2 heterocycles. The summed E-state index contributed by atoms with van der Waals surface area (Å²) in [4.78, 5) is 27.3. The van der Waals surface area contributed by atoms with Crippen LogP contribution < -0.4 is 10.6 Å². The van der Waals surface area contributed by atoms with E-state index in [0.29, 0.717) is 23.5 Å². The summed E-state index contributed by atoms with van der Waals surface area (Å²) in [7, 11) is 0. The second-order valence-corrected chi connectivity index (χ2v) is 8.34. The number of halogens is 2. The highest BCUT2D eigenvalue weighted by molar-refractivity contribution is 8.00. The number of thioether (sulfide) groups is 1. The Labute approximate surface area is 171 Å². The second-order valence-electron chi connectivity index (χ2n) is 7.32. The van der Waals surface area contributed by atoms with E-state index in [9.17, 15) is 18.4 Å². The summed E-state index contributed by atoms with van der Waals surface area (Å²) < 4.78 is 26.4. The van der Waals surface area contributed by atoms with E-state index in [1.54, 1.807) is 18.2 Å². The van der Waals surface area contributed by atoms with Crippen molar-refractivity contribution in [3.63, 3.8) is 0 Å². The third-order valence-electron chi connectivity index (χ3n) is 5.19. The van der Waals surface area contributed by atoms with Gasteiger partial charge in [-0.15, -0.1) is 11.8 Å². The lowest BCUT2D eigenvalue weighted by Gasteiger charge is -2.32. The van der Waals surface area contributed by atoms with Crippen LogP contribution in [-0.4, -0.2) is 41.6 Å². The number of piperidine rings is 1. The highest BCUT2D eigenvalue weighted by Crippen LogP contribution is 2.32. The first kappa shape index (κ1) is 19.8. The lowest BCUT2D eigenvalue weighted by atomic mass is 10.0. The van der Waals surface area contributed by atoms with Gasteiger partial charge in [-0.2, -0.15) is 0 Å². The molecular weight excluding hydrogens is 396 g/mol. The maximum atomic E-state index is 13.4. The molecule has 1 fully saturated rings. The van der Waals surface area contributed by atoms with Gasteiger partial charge in [0, 0.05) is 36.1 Å². The number of nitrogens with one attached hydrogen (secondary N) is 2. The number of rotatable bonds is 4. The van der Waals surface area contributed by atoms with Gasteiger partial charge >= 0.3 is 0 Å². The fourth-order valence-electron chi connectivity index (χ4n) is 3.62. The Kier molecular flexibility index (Phi) is 5.82. The minimum absolute atomic E-state index is 0.0590. The number of anilines is 1. The number of hydrogen-bond acceptors (Lipinski definition) is 4. The zero-order chi connectivity index (χ0) is 20.4. The molecule has 8 heteroatoms. The molecule has 0 bridgehead atoms. The Balaban J connectivity index is 1.30. The van der Waals surface area contributed by atoms with E-state index in [2.05, 4.69) is 15.5 Å². The number of hydrogen-bond donors (Lipinski definition) is 2. The summed E-state index contributed by atoms with van der Waals surface area (Å²) in [5, 5.41) is 5.86. The number of carbonyl (C=O) groups is 2. The summed E-state index contributed by atoms with van der Waals surface area (Å²) >= 11 is 1.46. The Bertz CT molecular complexity index is 946. The van der Waals surface area contributed by atoms with Crippen molar-refractivity contribution < 1.29 is 18.4 Å². The first-order chi connectivity index (χ1) is 14.0. The molecule has 2 amide bonds. The van der Waals surface area contributed by atoms with E-state index in [-0.39, 0.29) is 17.9 Å². The molecule has 0 aromatic heterocycles. The summed E-state index contributed by atoms with van der Waals surface area (Å²) in [5.74, 6) is -1.49. The molecule has 1 saturated heterocycles. The van der Waals surface area contributed by atoms with Gasteiger partial charge in [0.25, 0.3) is 5.91 Å². The van der Waals surface area contributed by atoms with Gasteiger partial charge in [-0.3, -0.25) is 14.5 Å². The fourth-order valence-corrected chi connectivity index (χ4v) is 4.41. The predicted octanol–water partition coefficient (Wildman–Crippen LogP) is 3.40. The predicted molar refractivity (Wildman–Crippen MR) is 108 cm³/mol. The maximum Gasteiger partial charge on any atom is 0.251 e. The molecule has 2 N–H and O–H groups in total. The second kappa shape index (κ2) is 8.51. The van der Waals surface area contributed by atoms with E-state index in [0.717, 1.165) is 42.5 Å². The number of carbonyl (C=O) groups excluding carboxylic acids is 2. The van der Waals surface area contributed by atoms with Crippen molar-refractivity contribution >= 4 is 29.3 Å². The minimum Gasteiger partial charge on any atom is -0.349 e. The largest absolute Gasteiger partial charge is 0.349 e. The van der Waals surface area contributed by atoms with Gasteiger partial charge in [0.15, 0.2) is 11.6 Å². The SMILES string of the molecule is O=C1CSc2ccc(C(=O)NC3CCN(Cc4ccc(F)c(F)c4)CC3)cc2N1. The topological polar surface area (TPSA) is 61.4 Å². The van der Waals surface area contributed by atoms with Crippen molar-refractivity contribution in [1.82, 2.24) is 10.2 Å². The van der Waals surface area contributed by atoms with Crippen molar-refractivity contribution in [2.45, 2.75) is 30.3 Å². The Morgan fingerprint density at radius 3 is 2.69 bits per heavy atom. The van der Waals surface area contributed by atoms with Crippen LogP contribution in [0.25, 0.3) is 0 Å². The lowest BCUT2D eigenvalue weighted by molar-refractivity contribution is -0.113. The summed E-state index contributed by atoms with van der Waals surface area (Å²) in [6.45, 7) is 2.09. The van der Waals surface area contributed by atoms with Gasteiger partial charge in [-0.25, -0.2) is 8.78 Å². The Morgan fingerprint density at radius 1 is 1.14 bits per heavy atom. The van der Waals surface area contributed by atoms with Crippen molar-refractivity contribution in [2.75, 3.05) is 24.2 Å². The van der Waals surface area contributed by atoms with E-state index >= 15 is 0 Å². The molecule has 0 unspecified atom stereocenters. The third-order valence-corrected chi connectivity index (χ3v) is 6.26. The fraction of sp³-hybridized carbons (Fsp3) is 0.333. The Morgan fingerprint density at radius 2 is 1.93 bits per heavy atom. The van der Waals surface area contributed by atoms with Crippen LogP contribution in [0.5, 0.6) is 0 Å². The zero-order valence-corrected chi connectivity index (χ0v) is 16.5. The molecule has 2 aliphatic heterocycles. The van der Waals surface area contributed by atoms with Gasteiger partial charge in [-0.05, 0) is 48.7 Å².